The molecule has 1 aromatic carbocycles. The number of aryl methyl sites for hydroxylation is 1. The van der Waals surface area contributed by atoms with Gasteiger partial charge in [0.15, 0.2) is 0 Å². The predicted octanol–water partition coefficient (Wildman–Crippen LogP) is 1.67. The highest BCUT2D eigenvalue weighted by molar-refractivity contribution is 5.92. The average molecular weight is 361 g/mol. The Morgan fingerprint density at radius 3 is 1.96 bits per heavy atom. The molecule has 2 amide bonds. The summed E-state index contributed by atoms with van der Waals surface area (Å²) in [6.07, 6.45) is 0.995. The number of carbonyl (C=O) groups is 2. The summed E-state index contributed by atoms with van der Waals surface area (Å²) in [5.41, 5.74) is 2.11. The van der Waals surface area contributed by atoms with Gasteiger partial charge in [-0.05, 0) is 38.0 Å². The molecule has 1 aliphatic rings. The molecule has 0 unspecified atom stereocenters. The van der Waals surface area contributed by atoms with E-state index in [2.05, 4.69) is 22.0 Å². The highest BCUT2D eigenvalue weighted by Crippen LogP contribution is 2.10. The van der Waals surface area contributed by atoms with Gasteiger partial charge in [0.05, 0.1) is 13.1 Å². The highest BCUT2D eigenvalue weighted by atomic mass is 16.2. The summed E-state index contributed by atoms with van der Waals surface area (Å²) in [4.78, 5) is 30.6. The van der Waals surface area contributed by atoms with Crippen LogP contribution in [0, 0.1) is 0 Å². The first-order valence-corrected chi connectivity index (χ1v) is 9.67. The van der Waals surface area contributed by atoms with Crippen LogP contribution in [0.2, 0.25) is 0 Å². The van der Waals surface area contributed by atoms with Crippen LogP contribution in [0.3, 0.4) is 0 Å². The van der Waals surface area contributed by atoms with Crippen LogP contribution >= 0.6 is 0 Å². The van der Waals surface area contributed by atoms with E-state index < -0.39 is 0 Å². The third-order valence-corrected chi connectivity index (χ3v) is 4.95. The Morgan fingerprint density at radius 1 is 0.923 bits per heavy atom. The number of likely N-dealkylation sites (N-methyl/N-ethyl adjacent to an activating group) is 1. The van der Waals surface area contributed by atoms with E-state index in [1.807, 2.05) is 43.0 Å². The van der Waals surface area contributed by atoms with Gasteiger partial charge in [-0.15, -0.1) is 0 Å². The summed E-state index contributed by atoms with van der Waals surface area (Å²) in [6.45, 7) is 11.8. The summed E-state index contributed by atoms with van der Waals surface area (Å²) in [5, 5.41) is 2.96. The van der Waals surface area contributed by atoms with Crippen LogP contribution in [0.4, 0.5) is 5.69 Å². The Bertz CT molecular complexity index is 576. The van der Waals surface area contributed by atoms with Crippen LogP contribution in [0.25, 0.3) is 0 Å². The molecule has 6 heteroatoms. The lowest BCUT2D eigenvalue weighted by atomic mass is 10.1. The average Bonchev–Trinajstić information content (AvgIpc) is 2.65. The number of rotatable bonds is 8. The van der Waals surface area contributed by atoms with Crippen molar-refractivity contribution in [2.45, 2.75) is 27.2 Å². The zero-order valence-corrected chi connectivity index (χ0v) is 16.3. The van der Waals surface area contributed by atoms with Crippen molar-refractivity contribution in [2.24, 2.45) is 0 Å². The van der Waals surface area contributed by atoms with E-state index >= 15 is 0 Å². The molecule has 0 aromatic heterocycles. The third kappa shape index (κ3) is 6.11. The molecule has 1 aliphatic heterocycles. The Balaban J connectivity index is 1.72. The minimum atomic E-state index is 0.0157. The number of nitrogens with one attached hydrogen (secondary N) is 1. The fourth-order valence-electron chi connectivity index (χ4n) is 3.20. The largest absolute Gasteiger partial charge is 0.342 e. The molecule has 1 N–H and O–H groups in total. The Kier molecular flexibility index (Phi) is 8.06. The summed E-state index contributed by atoms with van der Waals surface area (Å²) in [7, 11) is 0. The molecule has 0 spiro atoms. The summed E-state index contributed by atoms with van der Waals surface area (Å²) < 4.78 is 0. The van der Waals surface area contributed by atoms with Gasteiger partial charge in [-0.25, -0.2) is 0 Å². The molecule has 1 fully saturated rings. The highest BCUT2D eigenvalue weighted by Gasteiger charge is 2.22. The van der Waals surface area contributed by atoms with E-state index in [4.69, 9.17) is 0 Å². The van der Waals surface area contributed by atoms with Crippen molar-refractivity contribution in [1.82, 2.24) is 14.7 Å². The normalized spacial score (nSPS) is 15.7. The second-order valence-corrected chi connectivity index (χ2v) is 6.72. The molecule has 6 nitrogen and oxygen atoms in total. The number of carbonyl (C=O) groups excluding carboxylic acids is 2. The number of amides is 2. The number of nitrogens with zero attached hydrogens (tertiary/aromatic N) is 3. The molecule has 2 rings (SSSR count). The number of hydrogen-bond donors (Lipinski definition) is 1. The zero-order valence-electron chi connectivity index (χ0n) is 16.3. The van der Waals surface area contributed by atoms with Crippen molar-refractivity contribution in [3.8, 4) is 0 Å². The monoisotopic (exact) mass is 360 g/mol. The van der Waals surface area contributed by atoms with Crippen LogP contribution in [0.1, 0.15) is 26.3 Å². The van der Waals surface area contributed by atoms with Gasteiger partial charge < -0.3 is 10.2 Å². The maximum atomic E-state index is 12.2. The van der Waals surface area contributed by atoms with Gasteiger partial charge >= 0.3 is 0 Å². The minimum Gasteiger partial charge on any atom is -0.342 e. The van der Waals surface area contributed by atoms with E-state index in [0.29, 0.717) is 13.1 Å². The molecule has 0 atom stereocenters. The van der Waals surface area contributed by atoms with Crippen molar-refractivity contribution in [3.05, 3.63) is 29.8 Å². The predicted molar refractivity (Wildman–Crippen MR) is 105 cm³/mol. The minimum absolute atomic E-state index is 0.0157. The molecule has 0 saturated carbocycles. The van der Waals surface area contributed by atoms with Crippen LogP contribution in [0.15, 0.2) is 24.3 Å². The second-order valence-electron chi connectivity index (χ2n) is 6.72. The van der Waals surface area contributed by atoms with Crippen LogP contribution in [0.5, 0.6) is 0 Å². The third-order valence-electron chi connectivity index (χ3n) is 4.95. The van der Waals surface area contributed by atoms with Crippen molar-refractivity contribution in [2.75, 3.05) is 57.7 Å². The number of hydrogen-bond acceptors (Lipinski definition) is 4. The van der Waals surface area contributed by atoms with Crippen LogP contribution in [-0.4, -0.2) is 78.9 Å². The number of benzene rings is 1. The van der Waals surface area contributed by atoms with Gasteiger partial charge in [0.25, 0.3) is 0 Å². The smallest absolute Gasteiger partial charge is 0.238 e. The first kappa shape index (κ1) is 20.4. The fourth-order valence-corrected chi connectivity index (χ4v) is 3.20. The van der Waals surface area contributed by atoms with Gasteiger partial charge in [0.2, 0.25) is 11.8 Å². The van der Waals surface area contributed by atoms with Gasteiger partial charge in [-0.3, -0.25) is 19.4 Å². The van der Waals surface area contributed by atoms with Crippen LogP contribution in [-0.2, 0) is 16.0 Å². The van der Waals surface area contributed by atoms with Gasteiger partial charge in [-0.1, -0.05) is 19.1 Å². The summed E-state index contributed by atoms with van der Waals surface area (Å²) in [6, 6.07) is 7.99. The maximum Gasteiger partial charge on any atom is 0.238 e. The van der Waals surface area contributed by atoms with Crippen molar-refractivity contribution in [3.63, 3.8) is 0 Å². The molecule has 0 aliphatic carbocycles. The van der Waals surface area contributed by atoms with E-state index in [0.717, 1.165) is 51.4 Å². The fraction of sp³-hybridized carbons (Fsp3) is 0.600. The lowest BCUT2D eigenvalue weighted by molar-refractivity contribution is -0.132. The van der Waals surface area contributed by atoms with Gasteiger partial charge in [0, 0.05) is 45.0 Å². The van der Waals surface area contributed by atoms with E-state index in [-0.39, 0.29) is 11.8 Å². The quantitative estimate of drug-likeness (QED) is 0.766. The van der Waals surface area contributed by atoms with Crippen molar-refractivity contribution < 1.29 is 9.59 Å². The summed E-state index contributed by atoms with van der Waals surface area (Å²) >= 11 is 0. The van der Waals surface area contributed by atoms with Crippen molar-refractivity contribution >= 4 is 17.5 Å². The van der Waals surface area contributed by atoms with E-state index in [1.54, 1.807) is 0 Å². The number of piperazine rings is 1. The van der Waals surface area contributed by atoms with Gasteiger partial charge in [0.1, 0.15) is 0 Å². The molecule has 1 aromatic rings. The molecule has 1 saturated heterocycles. The molecule has 144 valence electrons. The van der Waals surface area contributed by atoms with Crippen LogP contribution < -0.4 is 5.32 Å². The van der Waals surface area contributed by atoms with E-state index in [9.17, 15) is 9.59 Å². The first-order valence-electron chi connectivity index (χ1n) is 9.67. The Hall–Kier alpha value is -1.92. The SMILES string of the molecule is CCc1ccc(NC(=O)CN2CCN(CC(=O)N(CC)CC)CC2)cc1. The lowest BCUT2D eigenvalue weighted by Gasteiger charge is -2.34. The topological polar surface area (TPSA) is 55.9 Å². The zero-order chi connectivity index (χ0) is 18.9. The second kappa shape index (κ2) is 10.3. The Labute approximate surface area is 157 Å². The lowest BCUT2D eigenvalue weighted by Crippen LogP contribution is -2.51. The molecular weight excluding hydrogens is 328 g/mol. The van der Waals surface area contributed by atoms with E-state index in [1.165, 1.54) is 5.56 Å². The molecule has 26 heavy (non-hydrogen) atoms. The summed E-state index contributed by atoms with van der Waals surface area (Å²) in [5.74, 6) is 0.207. The Morgan fingerprint density at radius 2 is 1.46 bits per heavy atom. The van der Waals surface area contributed by atoms with Gasteiger partial charge in [-0.2, -0.15) is 0 Å². The maximum absolute atomic E-state index is 12.2. The van der Waals surface area contributed by atoms with Crippen molar-refractivity contribution in [1.29, 1.82) is 0 Å². The molecule has 1 heterocycles. The molecule has 0 radical (unpaired) electrons. The first-order chi connectivity index (χ1) is 12.5. The number of anilines is 1. The molecule has 0 bridgehead atoms. The molecular formula is C20H32N4O2. The standard InChI is InChI=1S/C20H32N4O2/c1-4-17-7-9-18(10-8-17)21-19(25)15-22-11-13-23(14-12-22)16-20(26)24(5-2)6-3/h7-10H,4-6,11-16H2,1-3H3,(H,21,25).